The van der Waals surface area contributed by atoms with Gasteiger partial charge in [0.2, 0.25) is 0 Å². The molecule has 0 aromatic carbocycles. The lowest BCUT2D eigenvalue weighted by Gasteiger charge is -2.35. The Morgan fingerprint density at radius 1 is 1.24 bits per heavy atom. The normalized spacial score (nSPS) is 25.4. The summed E-state index contributed by atoms with van der Waals surface area (Å²) in [6, 6.07) is 2.25. The summed E-state index contributed by atoms with van der Waals surface area (Å²) in [6.45, 7) is 3.89. The fraction of sp³-hybridized carbons (Fsp3) is 0.714. The number of nitrogens with one attached hydrogen (secondary N) is 1. The SMILES string of the molecule is Cl.Cn1c(CN2CCC3NCCC3C2)cc(=O)n(C)c1=O. The number of hydrogen-bond acceptors (Lipinski definition) is 4. The number of halogens is 1. The highest BCUT2D eigenvalue weighted by molar-refractivity contribution is 5.85. The molecule has 2 aliphatic heterocycles. The van der Waals surface area contributed by atoms with Gasteiger partial charge in [0.15, 0.2) is 0 Å². The molecular formula is C14H23ClN4O2. The van der Waals surface area contributed by atoms with Crippen molar-refractivity contribution in [2.45, 2.75) is 25.4 Å². The van der Waals surface area contributed by atoms with E-state index in [1.807, 2.05) is 0 Å². The maximum atomic E-state index is 11.9. The van der Waals surface area contributed by atoms with Gasteiger partial charge in [-0.25, -0.2) is 4.79 Å². The first kappa shape index (κ1) is 16.3. The molecule has 2 saturated heterocycles. The van der Waals surface area contributed by atoms with E-state index in [9.17, 15) is 9.59 Å². The molecule has 3 rings (SSSR count). The molecule has 118 valence electrons. The van der Waals surface area contributed by atoms with E-state index in [1.165, 1.54) is 13.5 Å². The third kappa shape index (κ3) is 3.07. The minimum atomic E-state index is -0.245. The Labute approximate surface area is 130 Å². The van der Waals surface area contributed by atoms with Gasteiger partial charge < -0.3 is 5.32 Å². The molecule has 6 nitrogen and oxygen atoms in total. The van der Waals surface area contributed by atoms with Gasteiger partial charge in [-0.3, -0.25) is 18.8 Å². The quantitative estimate of drug-likeness (QED) is 0.813. The van der Waals surface area contributed by atoms with E-state index in [1.54, 1.807) is 17.7 Å². The molecule has 2 atom stereocenters. The van der Waals surface area contributed by atoms with E-state index < -0.39 is 0 Å². The average Bonchev–Trinajstić information content (AvgIpc) is 2.90. The predicted octanol–water partition coefficient (Wildman–Crippen LogP) is -0.310. The standard InChI is InChI=1S/C14H22N4O2.ClH/c1-16-11(7-13(19)17(2)14(16)20)9-18-6-4-12-10(8-18)3-5-15-12;/h7,10,12,15H,3-6,8-9H2,1-2H3;1H. The summed E-state index contributed by atoms with van der Waals surface area (Å²) < 4.78 is 2.73. The number of nitrogens with zero attached hydrogens (tertiary/aromatic N) is 3. The van der Waals surface area contributed by atoms with Crippen LogP contribution in [0.3, 0.4) is 0 Å². The van der Waals surface area contributed by atoms with Crippen LogP contribution in [-0.2, 0) is 20.6 Å². The summed E-state index contributed by atoms with van der Waals surface area (Å²) in [5.74, 6) is 0.715. The van der Waals surface area contributed by atoms with Crippen molar-refractivity contribution in [3.05, 3.63) is 32.6 Å². The van der Waals surface area contributed by atoms with Crippen LogP contribution in [0.5, 0.6) is 0 Å². The van der Waals surface area contributed by atoms with Crippen LogP contribution in [0, 0.1) is 5.92 Å². The molecular weight excluding hydrogens is 292 g/mol. The Morgan fingerprint density at radius 2 is 2.00 bits per heavy atom. The van der Waals surface area contributed by atoms with Gasteiger partial charge in [-0.2, -0.15) is 0 Å². The van der Waals surface area contributed by atoms with E-state index in [-0.39, 0.29) is 23.7 Å². The van der Waals surface area contributed by atoms with E-state index in [0.717, 1.165) is 36.3 Å². The fourth-order valence-corrected chi connectivity index (χ4v) is 3.43. The monoisotopic (exact) mass is 314 g/mol. The molecule has 7 heteroatoms. The molecule has 0 aliphatic carbocycles. The number of piperidine rings is 1. The summed E-state index contributed by atoms with van der Waals surface area (Å²) in [5, 5.41) is 3.54. The molecule has 0 amide bonds. The number of likely N-dealkylation sites (tertiary alicyclic amines) is 1. The average molecular weight is 315 g/mol. The highest BCUT2D eigenvalue weighted by Gasteiger charge is 2.32. The zero-order chi connectivity index (χ0) is 14.3. The van der Waals surface area contributed by atoms with Crippen LogP contribution in [0.1, 0.15) is 18.5 Å². The third-order valence-corrected chi connectivity index (χ3v) is 4.75. The zero-order valence-electron chi connectivity index (χ0n) is 12.5. The Hall–Kier alpha value is -1.11. The van der Waals surface area contributed by atoms with Crippen molar-refractivity contribution in [3.8, 4) is 0 Å². The predicted molar refractivity (Wildman–Crippen MR) is 84.0 cm³/mol. The van der Waals surface area contributed by atoms with E-state index in [0.29, 0.717) is 18.5 Å². The lowest BCUT2D eigenvalue weighted by atomic mass is 9.93. The molecule has 3 heterocycles. The van der Waals surface area contributed by atoms with Crippen LogP contribution in [0.25, 0.3) is 0 Å². The van der Waals surface area contributed by atoms with Crippen molar-refractivity contribution < 1.29 is 0 Å². The zero-order valence-corrected chi connectivity index (χ0v) is 13.4. The second kappa shape index (κ2) is 6.34. The van der Waals surface area contributed by atoms with Gasteiger partial charge in [-0.05, 0) is 25.3 Å². The lowest BCUT2D eigenvalue weighted by Crippen LogP contribution is -2.45. The smallest absolute Gasteiger partial charge is 0.314 e. The van der Waals surface area contributed by atoms with E-state index >= 15 is 0 Å². The summed E-state index contributed by atoms with van der Waals surface area (Å²) in [4.78, 5) is 26.1. The molecule has 0 bridgehead atoms. The molecule has 1 aromatic heterocycles. The third-order valence-electron chi connectivity index (χ3n) is 4.75. The maximum absolute atomic E-state index is 11.9. The molecule has 0 spiro atoms. The van der Waals surface area contributed by atoms with Gasteiger partial charge in [0.25, 0.3) is 5.56 Å². The van der Waals surface area contributed by atoms with Gasteiger partial charge in [0, 0.05) is 51.5 Å². The van der Waals surface area contributed by atoms with Crippen molar-refractivity contribution in [2.24, 2.45) is 20.0 Å². The molecule has 21 heavy (non-hydrogen) atoms. The fourth-order valence-electron chi connectivity index (χ4n) is 3.43. The topological polar surface area (TPSA) is 59.3 Å². The van der Waals surface area contributed by atoms with Gasteiger partial charge in [-0.1, -0.05) is 0 Å². The second-order valence-corrected chi connectivity index (χ2v) is 6.01. The van der Waals surface area contributed by atoms with Crippen LogP contribution >= 0.6 is 12.4 Å². The second-order valence-electron chi connectivity index (χ2n) is 6.01. The van der Waals surface area contributed by atoms with Crippen molar-refractivity contribution >= 4 is 12.4 Å². The first-order valence-corrected chi connectivity index (χ1v) is 7.28. The largest absolute Gasteiger partial charge is 0.330 e. The molecule has 0 saturated carbocycles. The van der Waals surface area contributed by atoms with Gasteiger partial charge >= 0.3 is 5.69 Å². The number of fused-ring (bicyclic) bond motifs is 1. The molecule has 0 radical (unpaired) electrons. The molecule has 2 fully saturated rings. The number of rotatable bonds is 2. The highest BCUT2D eigenvalue weighted by atomic mass is 35.5. The first-order valence-electron chi connectivity index (χ1n) is 7.28. The minimum Gasteiger partial charge on any atom is -0.314 e. The Kier molecular flexibility index (Phi) is 4.91. The van der Waals surface area contributed by atoms with Crippen molar-refractivity contribution in [1.29, 1.82) is 0 Å². The number of aromatic nitrogens is 2. The van der Waals surface area contributed by atoms with Gasteiger partial charge in [0.05, 0.1) is 0 Å². The highest BCUT2D eigenvalue weighted by Crippen LogP contribution is 2.25. The lowest BCUT2D eigenvalue weighted by molar-refractivity contribution is 0.152. The van der Waals surface area contributed by atoms with Crippen LogP contribution in [0.15, 0.2) is 15.7 Å². The minimum absolute atomic E-state index is 0. The van der Waals surface area contributed by atoms with Gasteiger partial charge in [0.1, 0.15) is 0 Å². The summed E-state index contributed by atoms with van der Waals surface area (Å²) in [7, 11) is 3.26. The first-order chi connectivity index (χ1) is 9.56. The van der Waals surface area contributed by atoms with Gasteiger partial charge in [-0.15, -0.1) is 12.4 Å². The van der Waals surface area contributed by atoms with Crippen LogP contribution in [-0.4, -0.2) is 39.7 Å². The summed E-state index contributed by atoms with van der Waals surface area (Å²) in [6.07, 6.45) is 2.39. The Balaban J connectivity index is 0.00000161. The summed E-state index contributed by atoms with van der Waals surface area (Å²) >= 11 is 0. The molecule has 1 N–H and O–H groups in total. The van der Waals surface area contributed by atoms with Crippen LogP contribution in [0.2, 0.25) is 0 Å². The van der Waals surface area contributed by atoms with E-state index in [2.05, 4.69) is 10.2 Å². The van der Waals surface area contributed by atoms with Crippen molar-refractivity contribution in [3.63, 3.8) is 0 Å². The van der Waals surface area contributed by atoms with Crippen LogP contribution < -0.4 is 16.6 Å². The Bertz CT molecular complexity index is 624. The Morgan fingerprint density at radius 3 is 2.76 bits per heavy atom. The summed E-state index contributed by atoms with van der Waals surface area (Å²) in [5.41, 5.74) is 0.341. The molecule has 1 aromatic rings. The van der Waals surface area contributed by atoms with Crippen LogP contribution in [0.4, 0.5) is 0 Å². The van der Waals surface area contributed by atoms with Crippen molar-refractivity contribution in [1.82, 2.24) is 19.4 Å². The maximum Gasteiger partial charge on any atom is 0.330 e. The van der Waals surface area contributed by atoms with E-state index in [4.69, 9.17) is 0 Å². The molecule has 2 aliphatic rings. The number of hydrogen-bond donors (Lipinski definition) is 1. The molecule has 2 unspecified atom stereocenters. The van der Waals surface area contributed by atoms with Crippen molar-refractivity contribution in [2.75, 3.05) is 19.6 Å².